The van der Waals surface area contributed by atoms with Crippen molar-refractivity contribution in [2.24, 2.45) is 0 Å². The highest BCUT2D eigenvalue weighted by atomic mass is 16.6. The average molecular weight is 162 g/mol. The van der Waals surface area contributed by atoms with Crippen LogP contribution in [0.4, 0.5) is 0 Å². The van der Waals surface area contributed by atoms with Crippen molar-refractivity contribution in [3.63, 3.8) is 0 Å². The zero-order valence-electron chi connectivity index (χ0n) is 6.69. The molecule has 1 unspecified atom stereocenters. The van der Waals surface area contributed by atoms with Crippen LogP contribution in [0.15, 0.2) is 24.3 Å². The Bertz CT molecular complexity index is 272. The van der Waals surface area contributed by atoms with E-state index < -0.39 is 0 Å². The largest absolute Gasteiger partial charge is 0.373 e. The standard InChI is InChI=1S/C10H10O2/c11-6-9-3-1-8(2-4-9)5-10-7-12-10/h1-4,6,10H,5,7H2. The van der Waals surface area contributed by atoms with E-state index in [0.717, 1.165) is 24.9 Å². The van der Waals surface area contributed by atoms with E-state index in [1.54, 1.807) is 0 Å². The Labute approximate surface area is 71.2 Å². The molecule has 2 heteroatoms. The van der Waals surface area contributed by atoms with E-state index in [1.807, 2.05) is 24.3 Å². The summed E-state index contributed by atoms with van der Waals surface area (Å²) in [5, 5.41) is 0. The number of rotatable bonds is 3. The van der Waals surface area contributed by atoms with Gasteiger partial charge in [-0.3, -0.25) is 4.79 Å². The van der Waals surface area contributed by atoms with Gasteiger partial charge in [0, 0.05) is 12.0 Å². The smallest absolute Gasteiger partial charge is 0.150 e. The molecule has 1 fully saturated rings. The first-order chi connectivity index (χ1) is 5.88. The van der Waals surface area contributed by atoms with E-state index in [0.29, 0.717) is 6.10 Å². The molecule has 1 aliphatic rings. The Kier molecular flexibility index (Phi) is 1.92. The monoisotopic (exact) mass is 162 g/mol. The summed E-state index contributed by atoms with van der Waals surface area (Å²) in [5.74, 6) is 0. The number of ether oxygens (including phenoxy) is 1. The number of hydrogen-bond donors (Lipinski definition) is 0. The van der Waals surface area contributed by atoms with Gasteiger partial charge in [0.15, 0.2) is 0 Å². The van der Waals surface area contributed by atoms with Crippen molar-refractivity contribution in [3.8, 4) is 0 Å². The van der Waals surface area contributed by atoms with Gasteiger partial charge in [-0.15, -0.1) is 0 Å². The Balaban J connectivity index is 2.07. The van der Waals surface area contributed by atoms with Gasteiger partial charge in [0.05, 0.1) is 12.7 Å². The van der Waals surface area contributed by atoms with Gasteiger partial charge >= 0.3 is 0 Å². The lowest BCUT2D eigenvalue weighted by Gasteiger charge is -1.96. The number of benzene rings is 1. The van der Waals surface area contributed by atoms with Gasteiger partial charge in [-0.05, 0) is 5.56 Å². The van der Waals surface area contributed by atoms with Crippen LogP contribution in [0.2, 0.25) is 0 Å². The van der Waals surface area contributed by atoms with E-state index in [2.05, 4.69) is 0 Å². The van der Waals surface area contributed by atoms with E-state index in [9.17, 15) is 4.79 Å². The predicted octanol–water partition coefficient (Wildman–Crippen LogP) is 1.44. The fraction of sp³-hybridized carbons (Fsp3) is 0.300. The molecule has 1 aromatic carbocycles. The van der Waals surface area contributed by atoms with Gasteiger partial charge < -0.3 is 4.74 Å². The van der Waals surface area contributed by atoms with Crippen LogP contribution in [0.3, 0.4) is 0 Å². The minimum atomic E-state index is 0.423. The molecule has 62 valence electrons. The van der Waals surface area contributed by atoms with Crippen molar-refractivity contribution >= 4 is 6.29 Å². The molecule has 0 amide bonds. The molecule has 0 radical (unpaired) electrons. The maximum absolute atomic E-state index is 10.3. The lowest BCUT2D eigenvalue weighted by atomic mass is 10.1. The first kappa shape index (κ1) is 7.50. The summed E-state index contributed by atoms with van der Waals surface area (Å²) in [6, 6.07) is 7.63. The van der Waals surface area contributed by atoms with Crippen molar-refractivity contribution < 1.29 is 9.53 Å². The summed E-state index contributed by atoms with van der Waals surface area (Å²) in [5.41, 5.74) is 1.97. The summed E-state index contributed by atoms with van der Waals surface area (Å²) < 4.78 is 5.10. The molecule has 1 aromatic rings. The third-order valence-electron chi connectivity index (χ3n) is 1.98. The van der Waals surface area contributed by atoms with E-state index in [4.69, 9.17) is 4.74 Å². The lowest BCUT2D eigenvalue weighted by molar-refractivity contribution is 0.112. The summed E-state index contributed by atoms with van der Waals surface area (Å²) in [6.45, 7) is 0.884. The number of carbonyl (C=O) groups is 1. The van der Waals surface area contributed by atoms with E-state index in [1.165, 1.54) is 5.56 Å². The molecule has 0 aromatic heterocycles. The molecule has 2 rings (SSSR count). The van der Waals surface area contributed by atoms with Crippen LogP contribution in [-0.2, 0) is 11.2 Å². The molecule has 1 saturated heterocycles. The minimum absolute atomic E-state index is 0.423. The molecule has 0 spiro atoms. The molecule has 0 saturated carbocycles. The first-order valence-corrected chi connectivity index (χ1v) is 4.04. The summed E-state index contributed by atoms with van der Waals surface area (Å²) >= 11 is 0. The Morgan fingerprint density at radius 1 is 1.42 bits per heavy atom. The Morgan fingerprint density at radius 3 is 2.58 bits per heavy atom. The third kappa shape index (κ3) is 1.71. The summed E-state index contributed by atoms with van der Waals surface area (Å²) in [6.07, 6.45) is 2.25. The van der Waals surface area contributed by atoms with Crippen LogP contribution in [0.25, 0.3) is 0 Å². The minimum Gasteiger partial charge on any atom is -0.373 e. The third-order valence-corrected chi connectivity index (χ3v) is 1.98. The molecule has 0 bridgehead atoms. The number of aldehydes is 1. The lowest BCUT2D eigenvalue weighted by Crippen LogP contribution is -1.92. The molecular weight excluding hydrogens is 152 g/mol. The molecule has 1 aliphatic heterocycles. The van der Waals surface area contributed by atoms with Crippen LogP contribution in [-0.4, -0.2) is 19.0 Å². The van der Waals surface area contributed by atoms with Gasteiger partial charge in [-0.1, -0.05) is 24.3 Å². The fourth-order valence-corrected chi connectivity index (χ4v) is 1.18. The second-order valence-corrected chi connectivity index (χ2v) is 3.02. The second kappa shape index (κ2) is 3.07. The summed E-state index contributed by atoms with van der Waals surface area (Å²) in [7, 11) is 0. The predicted molar refractivity (Wildman–Crippen MR) is 45.3 cm³/mol. The number of carbonyl (C=O) groups excluding carboxylic acids is 1. The summed E-state index contributed by atoms with van der Waals surface area (Å²) in [4.78, 5) is 10.3. The van der Waals surface area contributed by atoms with Crippen molar-refractivity contribution in [2.45, 2.75) is 12.5 Å². The molecule has 2 nitrogen and oxygen atoms in total. The zero-order valence-corrected chi connectivity index (χ0v) is 6.69. The maximum Gasteiger partial charge on any atom is 0.150 e. The Morgan fingerprint density at radius 2 is 2.08 bits per heavy atom. The molecule has 12 heavy (non-hydrogen) atoms. The van der Waals surface area contributed by atoms with Crippen LogP contribution in [0.1, 0.15) is 15.9 Å². The van der Waals surface area contributed by atoms with Crippen LogP contribution >= 0.6 is 0 Å². The number of epoxide rings is 1. The quantitative estimate of drug-likeness (QED) is 0.497. The van der Waals surface area contributed by atoms with Gasteiger partial charge in [-0.2, -0.15) is 0 Å². The maximum atomic E-state index is 10.3. The molecule has 0 aliphatic carbocycles. The molecule has 0 N–H and O–H groups in total. The van der Waals surface area contributed by atoms with Crippen molar-refractivity contribution in [1.29, 1.82) is 0 Å². The van der Waals surface area contributed by atoms with E-state index in [-0.39, 0.29) is 0 Å². The highest BCUT2D eigenvalue weighted by molar-refractivity contribution is 5.74. The highest BCUT2D eigenvalue weighted by Gasteiger charge is 2.22. The molecule has 1 heterocycles. The van der Waals surface area contributed by atoms with E-state index >= 15 is 0 Å². The first-order valence-electron chi connectivity index (χ1n) is 4.04. The highest BCUT2D eigenvalue weighted by Crippen LogP contribution is 2.15. The van der Waals surface area contributed by atoms with Crippen LogP contribution in [0.5, 0.6) is 0 Å². The fourth-order valence-electron chi connectivity index (χ4n) is 1.18. The normalized spacial score (nSPS) is 20.5. The van der Waals surface area contributed by atoms with Crippen molar-refractivity contribution in [1.82, 2.24) is 0 Å². The topological polar surface area (TPSA) is 29.6 Å². The number of hydrogen-bond acceptors (Lipinski definition) is 2. The van der Waals surface area contributed by atoms with Gasteiger partial charge in [-0.25, -0.2) is 0 Å². The van der Waals surface area contributed by atoms with Crippen molar-refractivity contribution in [3.05, 3.63) is 35.4 Å². The van der Waals surface area contributed by atoms with Crippen LogP contribution in [0, 0.1) is 0 Å². The second-order valence-electron chi connectivity index (χ2n) is 3.02. The van der Waals surface area contributed by atoms with Gasteiger partial charge in [0.2, 0.25) is 0 Å². The van der Waals surface area contributed by atoms with Crippen molar-refractivity contribution in [2.75, 3.05) is 6.61 Å². The zero-order chi connectivity index (χ0) is 8.39. The van der Waals surface area contributed by atoms with Gasteiger partial charge in [0.25, 0.3) is 0 Å². The molecule has 1 atom stereocenters. The average Bonchev–Trinajstić information content (AvgIpc) is 2.90. The Hall–Kier alpha value is -1.15. The van der Waals surface area contributed by atoms with Gasteiger partial charge in [0.1, 0.15) is 6.29 Å². The van der Waals surface area contributed by atoms with Crippen LogP contribution < -0.4 is 0 Å². The SMILES string of the molecule is O=Cc1ccc(CC2CO2)cc1. The molecular formula is C10H10O2.